The van der Waals surface area contributed by atoms with Crippen molar-refractivity contribution in [3.05, 3.63) is 51.3 Å². The zero-order chi connectivity index (χ0) is 16.3. The third-order valence-corrected chi connectivity index (χ3v) is 6.97. The molecule has 0 saturated heterocycles. The van der Waals surface area contributed by atoms with Crippen LogP contribution in [0.4, 0.5) is 0 Å². The molecule has 2 aromatic rings. The molecular formula is C14H15BrN2O3S2. The second-order valence-corrected chi connectivity index (χ2v) is 9.07. The van der Waals surface area contributed by atoms with E-state index in [0.717, 1.165) is 20.7 Å². The Balaban J connectivity index is 2.06. The molecule has 0 atom stereocenters. The molecule has 8 heteroatoms. The molecular weight excluding hydrogens is 388 g/mol. The summed E-state index contributed by atoms with van der Waals surface area (Å²) in [5.74, 6) is -0.210. The van der Waals surface area contributed by atoms with Crippen molar-refractivity contribution in [1.29, 1.82) is 0 Å². The molecule has 0 bridgehead atoms. The zero-order valence-electron chi connectivity index (χ0n) is 12.0. The largest absolute Gasteiger partial charge is 0.347 e. The smallest absolute Gasteiger partial charge is 0.252 e. The molecule has 0 unspecified atom stereocenters. The Morgan fingerprint density at radius 1 is 1.23 bits per heavy atom. The predicted octanol–water partition coefficient (Wildman–Crippen LogP) is 2.69. The number of carbonyl (C=O) groups is 1. The van der Waals surface area contributed by atoms with Gasteiger partial charge in [-0.3, -0.25) is 4.79 Å². The Bertz CT molecular complexity index is 785. The average molecular weight is 403 g/mol. The van der Waals surface area contributed by atoms with E-state index in [2.05, 4.69) is 21.2 Å². The number of nitrogens with one attached hydrogen (secondary N) is 1. The summed E-state index contributed by atoms with van der Waals surface area (Å²) in [7, 11) is -0.443. The molecule has 1 heterocycles. The lowest BCUT2D eigenvalue weighted by Gasteiger charge is -2.08. The van der Waals surface area contributed by atoms with E-state index >= 15 is 0 Å². The van der Waals surface area contributed by atoms with Crippen LogP contribution in [0.5, 0.6) is 0 Å². The molecule has 5 nitrogen and oxygen atoms in total. The van der Waals surface area contributed by atoms with Crippen molar-refractivity contribution in [1.82, 2.24) is 9.62 Å². The van der Waals surface area contributed by atoms with Crippen LogP contribution in [0.25, 0.3) is 0 Å². The summed E-state index contributed by atoms with van der Waals surface area (Å²) >= 11 is 4.48. The van der Waals surface area contributed by atoms with Gasteiger partial charge in [-0.25, -0.2) is 12.7 Å². The number of hydrogen-bond acceptors (Lipinski definition) is 4. The van der Waals surface area contributed by atoms with Gasteiger partial charge >= 0.3 is 0 Å². The molecule has 0 fully saturated rings. The average Bonchev–Trinajstić information content (AvgIpc) is 2.94. The fourth-order valence-corrected chi connectivity index (χ4v) is 4.61. The van der Waals surface area contributed by atoms with Gasteiger partial charge in [-0.15, -0.1) is 11.3 Å². The molecule has 0 aliphatic carbocycles. The lowest BCUT2D eigenvalue weighted by Crippen LogP contribution is -2.22. The van der Waals surface area contributed by atoms with Crippen LogP contribution in [-0.2, 0) is 16.6 Å². The van der Waals surface area contributed by atoms with Crippen molar-refractivity contribution in [2.75, 3.05) is 14.1 Å². The molecule has 0 aliphatic rings. The highest BCUT2D eigenvalue weighted by Gasteiger charge is 2.19. The van der Waals surface area contributed by atoms with E-state index in [1.165, 1.54) is 18.4 Å². The molecule has 2 rings (SSSR count). The van der Waals surface area contributed by atoms with Gasteiger partial charge in [0.1, 0.15) is 4.21 Å². The number of rotatable bonds is 5. The van der Waals surface area contributed by atoms with E-state index in [1.807, 2.05) is 6.07 Å². The van der Waals surface area contributed by atoms with E-state index in [0.29, 0.717) is 5.56 Å². The first-order valence-electron chi connectivity index (χ1n) is 6.36. The second-order valence-electron chi connectivity index (χ2n) is 4.67. The van der Waals surface area contributed by atoms with Crippen LogP contribution < -0.4 is 5.32 Å². The minimum absolute atomic E-state index is 0.210. The van der Waals surface area contributed by atoms with Crippen LogP contribution in [0.1, 0.15) is 15.2 Å². The molecule has 1 aromatic carbocycles. The van der Waals surface area contributed by atoms with Gasteiger partial charge in [-0.05, 0) is 40.2 Å². The van der Waals surface area contributed by atoms with Gasteiger partial charge in [-0.1, -0.05) is 12.1 Å². The number of nitrogens with zero attached hydrogens (tertiary/aromatic N) is 1. The maximum absolute atomic E-state index is 12.1. The number of sulfonamides is 1. The number of carbonyl (C=O) groups excluding carboxylic acids is 1. The summed E-state index contributed by atoms with van der Waals surface area (Å²) in [6.07, 6.45) is 0. The quantitative estimate of drug-likeness (QED) is 0.835. The monoisotopic (exact) mass is 402 g/mol. The fourth-order valence-electron chi connectivity index (χ4n) is 1.68. The van der Waals surface area contributed by atoms with Crippen molar-refractivity contribution in [3.63, 3.8) is 0 Å². The third-order valence-electron chi connectivity index (χ3n) is 2.91. The van der Waals surface area contributed by atoms with Crippen molar-refractivity contribution in [2.24, 2.45) is 0 Å². The summed E-state index contributed by atoms with van der Waals surface area (Å²) in [5, 5.41) is 2.78. The van der Waals surface area contributed by atoms with E-state index < -0.39 is 10.0 Å². The van der Waals surface area contributed by atoms with Crippen molar-refractivity contribution in [3.8, 4) is 0 Å². The van der Waals surface area contributed by atoms with E-state index in [4.69, 9.17) is 0 Å². The summed E-state index contributed by atoms with van der Waals surface area (Å²) in [6, 6.07) is 10.4. The molecule has 0 radical (unpaired) electrons. The van der Waals surface area contributed by atoms with Gasteiger partial charge in [0, 0.05) is 23.4 Å². The molecule has 0 aliphatic heterocycles. The number of hydrogen-bond donors (Lipinski definition) is 1. The van der Waals surface area contributed by atoms with Crippen LogP contribution >= 0.6 is 27.3 Å². The standard InChI is InChI=1S/C14H15BrN2O3S2/c1-17(2)22(19,20)13-8-7-10(21-13)9-16-14(18)11-5-3-4-6-12(11)15/h3-8H,9H2,1-2H3,(H,16,18). The van der Waals surface area contributed by atoms with Crippen LogP contribution in [-0.4, -0.2) is 32.7 Å². The topological polar surface area (TPSA) is 66.5 Å². The normalized spacial score (nSPS) is 11.6. The Kier molecular flexibility index (Phi) is 5.38. The Morgan fingerprint density at radius 3 is 2.55 bits per heavy atom. The number of amides is 1. The first kappa shape index (κ1) is 17.1. The van der Waals surface area contributed by atoms with Gasteiger partial charge in [0.25, 0.3) is 15.9 Å². The van der Waals surface area contributed by atoms with Gasteiger partial charge in [0.2, 0.25) is 0 Å². The van der Waals surface area contributed by atoms with Crippen molar-refractivity contribution in [2.45, 2.75) is 10.8 Å². The lowest BCUT2D eigenvalue weighted by molar-refractivity contribution is 0.0950. The summed E-state index contributed by atoms with van der Waals surface area (Å²) in [5.41, 5.74) is 0.542. The first-order valence-corrected chi connectivity index (χ1v) is 9.41. The molecule has 1 N–H and O–H groups in total. The maximum Gasteiger partial charge on any atom is 0.252 e. The molecule has 0 spiro atoms. The Hall–Kier alpha value is -1.22. The minimum atomic E-state index is -3.42. The Morgan fingerprint density at radius 2 is 1.91 bits per heavy atom. The van der Waals surface area contributed by atoms with Crippen molar-refractivity contribution < 1.29 is 13.2 Å². The SMILES string of the molecule is CN(C)S(=O)(=O)c1ccc(CNC(=O)c2ccccc2Br)s1. The Labute approximate surface area is 142 Å². The van der Waals surface area contributed by atoms with Crippen LogP contribution in [0.3, 0.4) is 0 Å². The highest BCUT2D eigenvalue weighted by atomic mass is 79.9. The molecule has 118 valence electrons. The molecule has 22 heavy (non-hydrogen) atoms. The van der Waals surface area contributed by atoms with Crippen LogP contribution in [0.15, 0.2) is 45.1 Å². The fraction of sp³-hybridized carbons (Fsp3) is 0.214. The molecule has 0 saturated carbocycles. The van der Waals surface area contributed by atoms with Gasteiger partial charge in [-0.2, -0.15) is 0 Å². The van der Waals surface area contributed by atoms with Crippen LogP contribution in [0, 0.1) is 0 Å². The highest BCUT2D eigenvalue weighted by Crippen LogP contribution is 2.24. The highest BCUT2D eigenvalue weighted by molar-refractivity contribution is 9.10. The molecule has 1 amide bonds. The zero-order valence-corrected chi connectivity index (χ0v) is 15.3. The van der Waals surface area contributed by atoms with E-state index in [1.54, 1.807) is 30.3 Å². The van der Waals surface area contributed by atoms with E-state index in [-0.39, 0.29) is 16.7 Å². The molecule has 1 aromatic heterocycles. The lowest BCUT2D eigenvalue weighted by atomic mass is 10.2. The van der Waals surface area contributed by atoms with Gasteiger partial charge in [0.05, 0.1) is 12.1 Å². The van der Waals surface area contributed by atoms with Crippen molar-refractivity contribution >= 4 is 43.2 Å². The number of benzene rings is 1. The van der Waals surface area contributed by atoms with Gasteiger partial charge in [0.15, 0.2) is 0 Å². The second kappa shape index (κ2) is 6.91. The first-order chi connectivity index (χ1) is 10.3. The number of thiophene rings is 1. The number of halogens is 1. The third kappa shape index (κ3) is 3.75. The van der Waals surface area contributed by atoms with Crippen LogP contribution in [0.2, 0.25) is 0 Å². The van der Waals surface area contributed by atoms with E-state index in [9.17, 15) is 13.2 Å². The predicted molar refractivity (Wildman–Crippen MR) is 90.5 cm³/mol. The maximum atomic E-state index is 12.1. The summed E-state index contributed by atoms with van der Waals surface area (Å²) < 4.78 is 26.1. The van der Waals surface area contributed by atoms with Gasteiger partial charge < -0.3 is 5.32 Å². The minimum Gasteiger partial charge on any atom is -0.347 e. The summed E-state index contributed by atoms with van der Waals surface area (Å²) in [6.45, 7) is 0.285. The summed E-state index contributed by atoms with van der Waals surface area (Å²) in [4.78, 5) is 12.9.